The number of hydrogen-bond donors (Lipinski definition) is 2. The van der Waals surface area contributed by atoms with Gasteiger partial charge in [-0.2, -0.15) is 5.10 Å². The number of benzene rings is 1. The van der Waals surface area contributed by atoms with Gasteiger partial charge in [0.1, 0.15) is 5.75 Å². The van der Waals surface area contributed by atoms with Crippen LogP contribution in [0.15, 0.2) is 29.4 Å². The van der Waals surface area contributed by atoms with Gasteiger partial charge in [-0.25, -0.2) is 5.43 Å². The first-order valence-electron chi connectivity index (χ1n) is 6.26. The molecule has 0 atom stereocenters. The van der Waals surface area contributed by atoms with Crippen molar-refractivity contribution < 1.29 is 9.90 Å². The van der Waals surface area contributed by atoms with Crippen molar-refractivity contribution in [2.75, 3.05) is 0 Å². The van der Waals surface area contributed by atoms with E-state index < -0.39 is 0 Å². The number of rotatable bonds is 5. The van der Waals surface area contributed by atoms with Crippen LogP contribution in [-0.2, 0) is 11.2 Å². The van der Waals surface area contributed by atoms with Crippen molar-refractivity contribution >= 4 is 11.6 Å². The van der Waals surface area contributed by atoms with Crippen molar-refractivity contribution in [1.82, 2.24) is 5.43 Å². The summed E-state index contributed by atoms with van der Waals surface area (Å²) >= 11 is 0. The third-order valence-electron chi connectivity index (χ3n) is 3.02. The number of carbonyl (C=O) groups excluding carboxylic acids is 1. The molecule has 0 bridgehead atoms. The molecule has 0 unspecified atom stereocenters. The van der Waals surface area contributed by atoms with Gasteiger partial charge >= 0.3 is 0 Å². The predicted molar refractivity (Wildman–Crippen MR) is 70.4 cm³/mol. The van der Waals surface area contributed by atoms with E-state index in [9.17, 15) is 4.79 Å². The fourth-order valence-electron chi connectivity index (χ4n) is 1.63. The zero-order chi connectivity index (χ0) is 13.0. The number of hydrogen-bond acceptors (Lipinski definition) is 3. The molecule has 1 aliphatic carbocycles. The number of hydrazone groups is 1. The zero-order valence-electron chi connectivity index (χ0n) is 10.5. The predicted octanol–water partition coefficient (Wildman–Crippen LogP) is 2.23. The maximum atomic E-state index is 11.4. The van der Waals surface area contributed by atoms with Crippen LogP contribution in [-0.4, -0.2) is 16.7 Å². The molecule has 4 nitrogen and oxygen atoms in total. The fraction of sp³-hybridized carbons (Fsp3) is 0.429. The summed E-state index contributed by atoms with van der Waals surface area (Å²) in [7, 11) is 0. The van der Waals surface area contributed by atoms with Crippen LogP contribution in [0.1, 0.15) is 31.7 Å². The number of nitrogens with zero attached hydrogens (tertiary/aromatic N) is 1. The van der Waals surface area contributed by atoms with Crippen LogP contribution in [0.2, 0.25) is 0 Å². The summed E-state index contributed by atoms with van der Waals surface area (Å²) in [5.41, 5.74) is 4.66. The lowest BCUT2D eigenvalue weighted by molar-refractivity contribution is -0.122. The summed E-state index contributed by atoms with van der Waals surface area (Å²) in [6.45, 7) is 1.91. The van der Waals surface area contributed by atoms with Crippen LogP contribution < -0.4 is 5.43 Å². The average Bonchev–Trinajstić information content (AvgIpc) is 3.19. The minimum atomic E-state index is 0.0407. The van der Waals surface area contributed by atoms with Crippen LogP contribution >= 0.6 is 0 Å². The van der Waals surface area contributed by atoms with Crippen LogP contribution in [0, 0.1) is 5.92 Å². The van der Waals surface area contributed by atoms with Gasteiger partial charge in [0, 0.05) is 11.6 Å². The highest BCUT2D eigenvalue weighted by atomic mass is 16.3. The second-order valence-electron chi connectivity index (χ2n) is 4.76. The maximum absolute atomic E-state index is 11.4. The second-order valence-corrected chi connectivity index (χ2v) is 4.76. The quantitative estimate of drug-likeness (QED) is 0.618. The Hall–Kier alpha value is -1.84. The van der Waals surface area contributed by atoms with Gasteiger partial charge in [-0.1, -0.05) is 12.1 Å². The maximum Gasteiger partial charge on any atom is 0.243 e. The lowest BCUT2D eigenvalue weighted by Crippen LogP contribution is -2.20. The molecule has 18 heavy (non-hydrogen) atoms. The molecule has 0 aromatic heterocycles. The Kier molecular flexibility index (Phi) is 3.97. The van der Waals surface area contributed by atoms with E-state index in [-0.39, 0.29) is 17.6 Å². The lowest BCUT2D eigenvalue weighted by atomic mass is 10.1. The molecule has 1 fully saturated rings. The number of nitrogens with one attached hydrogen (secondary N) is 1. The number of phenolic OH excluding ortho intramolecular Hbond substituents is 1. The van der Waals surface area contributed by atoms with E-state index in [0.717, 1.165) is 37.0 Å². The van der Waals surface area contributed by atoms with Gasteiger partial charge in [0.15, 0.2) is 0 Å². The Labute approximate surface area is 107 Å². The van der Waals surface area contributed by atoms with E-state index in [2.05, 4.69) is 10.5 Å². The molecule has 4 heteroatoms. The van der Waals surface area contributed by atoms with E-state index in [4.69, 9.17) is 5.11 Å². The van der Waals surface area contributed by atoms with Gasteiger partial charge in [-0.05, 0) is 50.3 Å². The summed E-state index contributed by atoms with van der Waals surface area (Å²) in [6, 6.07) is 7.14. The Morgan fingerprint density at radius 1 is 1.39 bits per heavy atom. The van der Waals surface area contributed by atoms with Crippen molar-refractivity contribution in [2.45, 2.75) is 32.6 Å². The van der Waals surface area contributed by atoms with E-state index >= 15 is 0 Å². The minimum absolute atomic E-state index is 0.0407. The van der Waals surface area contributed by atoms with Crippen molar-refractivity contribution in [3.05, 3.63) is 29.8 Å². The van der Waals surface area contributed by atoms with Crippen molar-refractivity contribution in [3.63, 3.8) is 0 Å². The standard InChI is InChI=1S/C14H18N2O2/c1-10(15-16-14(18)12-6-7-12)2-3-11-4-8-13(17)9-5-11/h4-5,8-9,12,17H,2-3,6-7H2,1H3,(H,16,18)/b15-10+. The Bertz CT molecular complexity index is 447. The van der Waals surface area contributed by atoms with Crippen LogP contribution in [0.5, 0.6) is 5.75 Å². The van der Waals surface area contributed by atoms with Crippen molar-refractivity contribution in [3.8, 4) is 5.75 Å². The smallest absolute Gasteiger partial charge is 0.243 e. The lowest BCUT2D eigenvalue weighted by Gasteiger charge is -2.03. The first-order valence-corrected chi connectivity index (χ1v) is 6.26. The molecule has 96 valence electrons. The van der Waals surface area contributed by atoms with Gasteiger partial charge in [0.2, 0.25) is 5.91 Å². The molecular formula is C14H18N2O2. The number of aryl methyl sites for hydroxylation is 1. The van der Waals surface area contributed by atoms with Gasteiger partial charge in [0.05, 0.1) is 0 Å². The second kappa shape index (κ2) is 5.67. The molecule has 1 aromatic carbocycles. The Morgan fingerprint density at radius 3 is 2.67 bits per heavy atom. The van der Waals surface area contributed by atoms with Gasteiger partial charge in [-0.15, -0.1) is 0 Å². The number of carbonyl (C=O) groups is 1. The molecular weight excluding hydrogens is 228 g/mol. The third-order valence-corrected chi connectivity index (χ3v) is 3.02. The Balaban J connectivity index is 1.76. The largest absolute Gasteiger partial charge is 0.508 e. The first-order chi connectivity index (χ1) is 8.65. The van der Waals surface area contributed by atoms with E-state index in [0.29, 0.717) is 0 Å². The SMILES string of the molecule is C/C(CCc1ccc(O)cc1)=N\NC(=O)C1CC1. The molecule has 1 aromatic rings. The number of aromatic hydroxyl groups is 1. The first kappa shape index (κ1) is 12.6. The average molecular weight is 246 g/mol. The molecule has 0 radical (unpaired) electrons. The van der Waals surface area contributed by atoms with Gasteiger partial charge in [-0.3, -0.25) is 4.79 Å². The molecule has 0 aliphatic heterocycles. The summed E-state index contributed by atoms with van der Waals surface area (Å²) < 4.78 is 0. The van der Waals surface area contributed by atoms with E-state index in [1.165, 1.54) is 0 Å². The Morgan fingerprint density at radius 2 is 2.06 bits per heavy atom. The minimum Gasteiger partial charge on any atom is -0.508 e. The molecule has 2 N–H and O–H groups in total. The highest BCUT2D eigenvalue weighted by Crippen LogP contribution is 2.28. The molecule has 2 rings (SSSR count). The fourth-order valence-corrected chi connectivity index (χ4v) is 1.63. The highest BCUT2D eigenvalue weighted by molar-refractivity contribution is 5.86. The third kappa shape index (κ3) is 3.87. The van der Waals surface area contributed by atoms with E-state index in [1.807, 2.05) is 19.1 Å². The van der Waals surface area contributed by atoms with Crippen molar-refractivity contribution in [1.29, 1.82) is 0 Å². The molecule has 0 heterocycles. The zero-order valence-corrected chi connectivity index (χ0v) is 10.5. The summed E-state index contributed by atoms with van der Waals surface area (Å²) in [6.07, 6.45) is 3.65. The molecule has 0 spiro atoms. The van der Waals surface area contributed by atoms with Gasteiger partial charge in [0.25, 0.3) is 0 Å². The number of amides is 1. The molecule has 0 saturated heterocycles. The van der Waals surface area contributed by atoms with E-state index in [1.54, 1.807) is 12.1 Å². The summed E-state index contributed by atoms with van der Waals surface area (Å²) in [5.74, 6) is 0.512. The van der Waals surface area contributed by atoms with Gasteiger partial charge < -0.3 is 5.11 Å². The highest BCUT2D eigenvalue weighted by Gasteiger charge is 2.29. The summed E-state index contributed by atoms with van der Waals surface area (Å²) in [5, 5.41) is 13.3. The monoisotopic (exact) mass is 246 g/mol. The van der Waals surface area contributed by atoms with Crippen LogP contribution in [0.3, 0.4) is 0 Å². The number of phenols is 1. The molecule has 1 aliphatic rings. The topological polar surface area (TPSA) is 61.7 Å². The van der Waals surface area contributed by atoms with Crippen molar-refractivity contribution in [2.24, 2.45) is 11.0 Å². The summed E-state index contributed by atoms with van der Waals surface area (Å²) in [4.78, 5) is 11.4. The molecule has 1 amide bonds. The normalized spacial score (nSPS) is 15.5. The van der Waals surface area contributed by atoms with Crippen LogP contribution in [0.4, 0.5) is 0 Å². The molecule has 1 saturated carbocycles. The van der Waals surface area contributed by atoms with Crippen LogP contribution in [0.25, 0.3) is 0 Å².